The van der Waals surface area contributed by atoms with Crippen LogP contribution in [0.25, 0.3) is 0 Å². The molecule has 0 aromatic carbocycles. The van der Waals surface area contributed by atoms with Crippen LogP contribution in [-0.4, -0.2) is 29.8 Å². The van der Waals surface area contributed by atoms with Gasteiger partial charge < -0.3 is 14.2 Å². The monoisotopic (exact) mass is 296 g/mol. The van der Waals surface area contributed by atoms with Crippen LogP contribution in [-0.2, 0) is 0 Å². The zero-order chi connectivity index (χ0) is 15.3. The van der Waals surface area contributed by atoms with E-state index in [1.165, 1.54) is 0 Å². The van der Waals surface area contributed by atoms with Gasteiger partial charge in [0, 0.05) is 0 Å². The quantitative estimate of drug-likeness (QED) is 0.545. The minimum atomic E-state index is 0.337. The van der Waals surface area contributed by atoms with Crippen LogP contribution in [0.15, 0.2) is 6.07 Å². The summed E-state index contributed by atoms with van der Waals surface area (Å²) < 4.78 is 16.8. The fraction of sp³-hybridized carbons (Fsp3) is 0.750. The van der Waals surface area contributed by atoms with Crippen LogP contribution in [0.1, 0.15) is 59.3 Å². The minimum absolute atomic E-state index is 0.337. The molecule has 120 valence electrons. The number of ether oxygens (including phenoxy) is 3. The molecule has 0 saturated carbocycles. The topological polar surface area (TPSA) is 53.5 Å². The fourth-order valence-electron chi connectivity index (χ4n) is 1.55. The van der Waals surface area contributed by atoms with Crippen molar-refractivity contribution in [2.75, 3.05) is 19.8 Å². The number of hydrogen-bond donors (Lipinski definition) is 0. The Morgan fingerprint density at radius 2 is 1.14 bits per heavy atom. The first-order chi connectivity index (χ1) is 10.3. The highest BCUT2D eigenvalue weighted by Crippen LogP contribution is 2.20. The highest BCUT2D eigenvalue weighted by Gasteiger charge is 2.08. The lowest BCUT2D eigenvalue weighted by Gasteiger charge is -2.10. The van der Waals surface area contributed by atoms with Crippen molar-refractivity contribution in [3.05, 3.63) is 6.07 Å². The van der Waals surface area contributed by atoms with Crippen molar-refractivity contribution in [2.45, 2.75) is 59.3 Å². The van der Waals surface area contributed by atoms with E-state index >= 15 is 0 Å². The minimum Gasteiger partial charge on any atom is -0.477 e. The van der Waals surface area contributed by atoms with Crippen LogP contribution in [0.4, 0.5) is 0 Å². The molecule has 1 heterocycles. The van der Waals surface area contributed by atoms with Crippen LogP contribution >= 0.6 is 0 Å². The van der Waals surface area contributed by atoms with Crippen LogP contribution in [0.5, 0.6) is 17.8 Å². The number of rotatable bonds is 12. The van der Waals surface area contributed by atoms with Gasteiger partial charge in [-0.25, -0.2) is 0 Å². The van der Waals surface area contributed by atoms with E-state index in [2.05, 4.69) is 30.7 Å². The molecule has 0 aliphatic heterocycles. The lowest BCUT2D eigenvalue weighted by atomic mass is 10.4. The van der Waals surface area contributed by atoms with E-state index in [1.54, 1.807) is 6.07 Å². The van der Waals surface area contributed by atoms with Crippen molar-refractivity contribution in [1.29, 1.82) is 0 Å². The van der Waals surface area contributed by atoms with Gasteiger partial charge in [-0.05, 0) is 19.3 Å². The van der Waals surface area contributed by atoms with E-state index in [0.717, 1.165) is 38.5 Å². The first-order valence-corrected chi connectivity index (χ1v) is 8.07. The number of nitrogens with zero attached hydrogens (tertiary/aromatic N) is 2. The third-order valence-corrected chi connectivity index (χ3v) is 2.88. The maximum Gasteiger partial charge on any atom is 0.323 e. The van der Waals surface area contributed by atoms with Crippen molar-refractivity contribution in [2.24, 2.45) is 0 Å². The predicted molar refractivity (Wildman–Crippen MR) is 83.2 cm³/mol. The molecule has 0 aliphatic rings. The van der Waals surface area contributed by atoms with Crippen molar-refractivity contribution < 1.29 is 14.2 Å². The van der Waals surface area contributed by atoms with E-state index in [9.17, 15) is 0 Å². The molecule has 0 unspecified atom stereocenters. The Labute approximate surface area is 128 Å². The van der Waals surface area contributed by atoms with E-state index < -0.39 is 0 Å². The molecule has 0 amide bonds. The van der Waals surface area contributed by atoms with Gasteiger partial charge in [0.15, 0.2) is 0 Å². The smallest absolute Gasteiger partial charge is 0.323 e. The first-order valence-electron chi connectivity index (χ1n) is 8.07. The summed E-state index contributed by atoms with van der Waals surface area (Å²) in [6.07, 6.45) is 6.24. The largest absolute Gasteiger partial charge is 0.477 e. The average molecular weight is 296 g/mol. The lowest BCUT2D eigenvalue weighted by Crippen LogP contribution is -2.06. The van der Waals surface area contributed by atoms with Crippen LogP contribution in [0.3, 0.4) is 0 Å². The van der Waals surface area contributed by atoms with Gasteiger partial charge in [-0.3, -0.25) is 0 Å². The summed E-state index contributed by atoms with van der Waals surface area (Å²) in [5.74, 6) is 1.05. The van der Waals surface area contributed by atoms with Gasteiger partial charge in [-0.2, -0.15) is 9.97 Å². The van der Waals surface area contributed by atoms with Gasteiger partial charge in [-0.15, -0.1) is 0 Å². The Hall–Kier alpha value is -1.52. The second-order valence-electron chi connectivity index (χ2n) is 4.93. The summed E-state index contributed by atoms with van der Waals surface area (Å²) in [5.41, 5.74) is 0. The highest BCUT2D eigenvalue weighted by molar-refractivity contribution is 5.23. The van der Waals surface area contributed by atoms with Gasteiger partial charge in [0.05, 0.1) is 25.9 Å². The molecule has 0 fully saturated rings. The van der Waals surface area contributed by atoms with E-state index in [0.29, 0.717) is 37.6 Å². The van der Waals surface area contributed by atoms with Gasteiger partial charge in [0.25, 0.3) is 0 Å². The molecule has 0 radical (unpaired) electrons. The third kappa shape index (κ3) is 7.73. The molecule has 0 aliphatic carbocycles. The molecule has 5 heteroatoms. The molecule has 1 aromatic rings. The lowest BCUT2D eigenvalue weighted by molar-refractivity contribution is 0.246. The summed E-state index contributed by atoms with van der Waals surface area (Å²) in [6, 6.07) is 2.07. The Kier molecular flexibility index (Phi) is 9.33. The summed E-state index contributed by atoms with van der Waals surface area (Å²) in [5, 5.41) is 0. The third-order valence-electron chi connectivity index (χ3n) is 2.88. The Balaban J connectivity index is 2.65. The number of hydrogen-bond acceptors (Lipinski definition) is 5. The zero-order valence-corrected chi connectivity index (χ0v) is 13.6. The Bertz CT molecular complexity index is 316. The highest BCUT2D eigenvalue weighted by atomic mass is 16.5. The van der Waals surface area contributed by atoms with Gasteiger partial charge >= 0.3 is 6.01 Å². The van der Waals surface area contributed by atoms with E-state index in [1.807, 2.05) is 0 Å². The Morgan fingerprint density at radius 3 is 1.57 bits per heavy atom. The van der Waals surface area contributed by atoms with Crippen LogP contribution in [0.2, 0.25) is 0 Å². The van der Waals surface area contributed by atoms with Gasteiger partial charge in [-0.1, -0.05) is 40.0 Å². The predicted octanol–water partition coefficient (Wildman–Crippen LogP) is 4.01. The second kappa shape index (κ2) is 11.2. The number of aromatic nitrogens is 2. The molecule has 21 heavy (non-hydrogen) atoms. The molecule has 0 atom stereocenters. The van der Waals surface area contributed by atoms with Gasteiger partial charge in [0.1, 0.15) is 0 Å². The molecular formula is C16H28N2O3. The molecule has 0 bridgehead atoms. The molecular weight excluding hydrogens is 268 g/mol. The van der Waals surface area contributed by atoms with Crippen molar-refractivity contribution in [3.8, 4) is 17.8 Å². The normalized spacial score (nSPS) is 10.4. The van der Waals surface area contributed by atoms with E-state index in [4.69, 9.17) is 14.2 Å². The van der Waals surface area contributed by atoms with Crippen molar-refractivity contribution in [1.82, 2.24) is 9.97 Å². The molecule has 1 aromatic heterocycles. The maximum absolute atomic E-state index is 5.63. The Morgan fingerprint density at radius 1 is 0.714 bits per heavy atom. The summed E-state index contributed by atoms with van der Waals surface area (Å²) in [4.78, 5) is 8.54. The molecule has 1 rings (SSSR count). The fourth-order valence-corrected chi connectivity index (χ4v) is 1.55. The zero-order valence-electron chi connectivity index (χ0n) is 13.6. The second-order valence-corrected chi connectivity index (χ2v) is 4.93. The molecule has 0 spiro atoms. The molecule has 0 saturated heterocycles. The summed E-state index contributed by atoms with van der Waals surface area (Å²) >= 11 is 0. The van der Waals surface area contributed by atoms with E-state index in [-0.39, 0.29) is 0 Å². The van der Waals surface area contributed by atoms with Crippen LogP contribution in [0, 0.1) is 0 Å². The SMILES string of the molecule is CCCCOc1cc(OCCCC)nc(OCCCC)n1. The van der Waals surface area contributed by atoms with Gasteiger partial charge in [0.2, 0.25) is 11.8 Å². The molecule has 0 N–H and O–H groups in total. The number of unbranched alkanes of at least 4 members (excludes halogenated alkanes) is 3. The summed E-state index contributed by atoms with van der Waals surface area (Å²) in [6.45, 7) is 8.29. The standard InChI is InChI=1S/C16H28N2O3/c1-4-7-10-19-14-13-15(20-11-8-5-2)18-16(17-14)21-12-9-6-3/h13H,4-12H2,1-3H3. The van der Waals surface area contributed by atoms with Crippen molar-refractivity contribution in [3.63, 3.8) is 0 Å². The summed E-state index contributed by atoms with van der Waals surface area (Å²) in [7, 11) is 0. The average Bonchev–Trinajstić information content (AvgIpc) is 2.48. The molecule has 5 nitrogen and oxygen atoms in total. The maximum atomic E-state index is 5.63. The first kappa shape index (κ1) is 17.5. The van der Waals surface area contributed by atoms with Crippen LogP contribution < -0.4 is 14.2 Å². The van der Waals surface area contributed by atoms with Crippen molar-refractivity contribution >= 4 is 0 Å².